The minimum absolute atomic E-state index is 0.110. The largest absolute Gasteiger partial charge is 0.444 e. The summed E-state index contributed by atoms with van der Waals surface area (Å²) in [5.74, 6) is 0.152. The number of benzene rings is 1. The number of pyridine rings is 1. The molecule has 0 unspecified atom stereocenters. The summed E-state index contributed by atoms with van der Waals surface area (Å²) in [4.78, 5) is 45.1. The van der Waals surface area contributed by atoms with Gasteiger partial charge >= 0.3 is 6.09 Å². The molecule has 2 heterocycles. The van der Waals surface area contributed by atoms with Crippen LogP contribution in [0.2, 0.25) is 0 Å². The standard InChI is InChI=1S/C27H35FN4O4/c1-18-13-20(7-6-10-29-26(35)36-27(3,4)5)23(14-21(18)17-33)25(34)32-12-11-31(16-19(32)2)24-9-8-22(28)15-30-24/h8-9,13-15,17,19H,6-7,10-12,16H2,1-5H3,(H,29,35)/t19-/m1/s1. The number of piperazine rings is 1. The summed E-state index contributed by atoms with van der Waals surface area (Å²) in [6.45, 7) is 11.2. The summed E-state index contributed by atoms with van der Waals surface area (Å²) in [5.41, 5.74) is 2.05. The van der Waals surface area contributed by atoms with Gasteiger partial charge in [0.25, 0.3) is 5.91 Å². The quantitative estimate of drug-likeness (QED) is 0.456. The van der Waals surface area contributed by atoms with Crippen molar-refractivity contribution in [3.63, 3.8) is 0 Å². The number of aryl methyl sites for hydroxylation is 2. The highest BCUT2D eigenvalue weighted by atomic mass is 19.1. The zero-order valence-corrected chi connectivity index (χ0v) is 21.6. The first-order valence-corrected chi connectivity index (χ1v) is 12.2. The number of carbonyl (C=O) groups is 3. The fourth-order valence-electron chi connectivity index (χ4n) is 4.28. The van der Waals surface area contributed by atoms with E-state index in [1.165, 1.54) is 12.3 Å². The molecule has 0 saturated carbocycles. The van der Waals surface area contributed by atoms with Crippen LogP contribution >= 0.6 is 0 Å². The fourth-order valence-corrected chi connectivity index (χ4v) is 4.28. The number of alkyl carbamates (subject to hydrolysis) is 1. The molecule has 0 bridgehead atoms. The van der Waals surface area contributed by atoms with Crippen molar-refractivity contribution in [3.05, 3.63) is 58.5 Å². The Balaban J connectivity index is 1.70. The van der Waals surface area contributed by atoms with Gasteiger partial charge in [0.05, 0.1) is 6.20 Å². The third-order valence-corrected chi connectivity index (χ3v) is 6.06. The van der Waals surface area contributed by atoms with Crippen molar-refractivity contribution >= 4 is 24.1 Å². The normalized spacial score (nSPS) is 16.0. The van der Waals surface area contributed by atoms with Crippen LogP contribution in [0.25, 0.3) is 0 Å². The number of rotatable bonds is 7. The van der Waals surface area contributed by atoms with Crippen LogP contribution in [0.1, 0.15) is 66.0 Å². The molecule has 0 spiro atoms. The molecule has 3 rings (SSSR count). The molecule has 1 aromatic carbocycles. The molecule has 1 atom stereocenters. The van der Waals surface area contributed by atoms with E-state index in [1.54, 1.807) is 32.9 Å². The zero-order valence-electron chi connectivity index (χ0n) is 21.6. The number of carbonyl (C=O) groups excluding carboxylic acids is 3. The summed E-state index contributed by atoms with van der Waals surface area (Å²) in [7, 11) is 0. The van der Waals surface area contributed by atoms with Crippen molar-refractivity contribution in [1.82, 2.24) is 15.2 Å². The average Bonchev–Trinajstić information content (AvgIpc) is 2.81. The van der Waals surface area contributed by atoms with Crippen molar-refractivity contribution in [3.8, 4) is 0 Å². The molecule has 1 saturated heterocycles. The van der Waals surface area contributed by atoms with Crippen LogP contribution in [-0.2, 0) is 11.2 Å². The molecule has 8 nitrogen and oxygen atoms in total. The van der Waals surface area contributed by atoms with Gasteiger partial charge in [-0.05, 0) is 76.8 Å². The van der Waals surface area contributed by atoms with E-state index >= 15 is 0 Å². The number of ether oxygens (including phenoxy) is 1. The molecule has 36 heavy (non-hydrogen) atoms. The Morgan fingerprint density at radius 3 is 2.61 bits per heavy atom. The molecule has 9 heteroatoms. The second-order valence-corrected chi connectivity index (χ2v) is 10.1. The average molecular weight is 499 g/mol. The number of nitrogens with one attached hydrogen (secondary N) is 1. The molecule has 2 amide bonds. The molecule has 1 N–H and O–H groups in total. The molecule has 0 radical (unpaired) electrons. The number of halogens is 1. The maximum absolute atomic E-state index is 13.6. The summed E-state index contributed by atoms with van der Waals surface area (Å²) in [5, 5.41) is 2.74. The first-order valence-electron chi connectivity index (χ1n) is 12.2. The van der Waals surface area contributed by atoms with Gasteiger partial charge in [0, 0.05) is 43.3 Å². The van der Waals surface area contributed by atoms with Gasteiger partial charge in [0.15, 0.2) is 0 Å². The van der Waals surface area contributed by atoms with Crippen LogP contribution in [0.5, 0.6) is 0 Å². The maximum Gasteiger partial charge on any atom is 0.407 e. The molecular weight excluding hydrogens is 463 g/mol. The third-order valence-electron chi connectivity index (χ3n) is 6.06. The highest BCUT2D eigenvalue weighted by Gasteiger charge is 2.30. The summed E-state index contributed by atoms with van der Waals surface area (Å²) >= 11 is 0. The van der Waals surface area contributed by atoms with Crippen LogP contribution in [0.3, 0.4) is 0 Å². The van der Waals surface area contributed by atoms with E-state index in [1.807, 2.05) is 29.7 Å². The van der Waals surface area contributed by atoms with Crippen molar-refractivity contribution in [2.24, 2.45) is 0 Å². The fraction of sp³-hybridized carbons (Fsp3) is 0.481. The first kappa shape index (κ1) is 27.1. The van der Waals surface area contributed by atoms with Gasteiger partial charge in [-0.15, -0.1) is 0 Å². The molecule has 2 aromatic rings. The molecule has 1 aliphatic heterocycles. The van der Waals surface area contributed by atoms with Gasteiger partial charge < -0.3 is 19.9 Å². The third kappa shape index (κ3) is 7.02. The second-order valence-electron chi connectivity index (χ2n) is 10.1. The number of hydrogen-bond acceptors (Lipinski definition) is 6. The van der Waals surface area contributed by atoms with E-state index in [-0.39, 0.29) is 17.8 Å². The van der Waals surface area contributed by atoms with E-state index in [0.717, 1.165) is 17.4 Å². The number of amides is 2. The lowest BCUT2D eigenvalue weighted by Gasteiger charge is -2.40. The van der Waals surface area contributed by atoms with Gasteiger partial charge in [0.2, 0.25) is 0 Å². The van der Waals surface area contributed by atoms with Gasteiger partial charge in [0.1, 0.15) is 23.5 Å². The Hall–Kier alpha value is -3.49. The highest BCUT2D eigenvalue weighted by molar-refractivity contribution is 5.98. The molecule has 0 aliphatic carbocycles. The van der Waals surface area contributed by atoms with Crippen LogP contribution < -0.4 is 10.2 Å². The van der Waals surface area contributed by atoms with Crippen LogP contribution in [0, 0.1) is 12.7 Å². The Morgan fingerprint density at radius 2 is 2.00 bits per heavy atom. The molecule has 1 aliphatic rings. The lowest BCUT2D eigenvalue weighted by Crippen LogP contribution is -2.54. The van der Waals surface area contributed by atoms with Crippen LogP contribution in [-0.4, -0.2) is 66.0 Å². The summed E-state index contributed by atoms with van der Waals surface area (Å²) < 4.78 is 18.5. The van der Waals surface area contributed by atoms with Crippen molar-refractivity contribution in [1.29, 1.82) is 0 Å². The van der Waals surface area contributed by atoms with E-state index < -0.39 is 11.7 Å². The van der Waals surface area contributed by atoms with Crippen LogP contribution in [0.4, 0.5) is 15.0 Å². The Bertz CT molecular complexity index is 1100. The van der Waals surface area contributed by atoms with E-state index in [2.05, 4.69) is 10.3 Å². The Labute approximate surface area is 211 Å². The number of aromatic nitrogens is 1. The van der Waals surface area contributed by atoms with E-state index in [4.69, 9.17) is 4.74 Å². The number of anilines is 1. The Morgan fingerprint density at radius 1 is 1.25 bits per heavy atom. The Kier molecular flexibility index (Phi) is 8.66. The van der Waals surface area contributed by atoms with Crippen molar-refractivity contribution < 1.29 is 23.5 Å². The van der Waals surface area contributed by atoms with Crippen molar-refractivity contribution in [2.45, 2.75) is 59.1 Å². The highest BCUT2D eigenvalue weighted by Crippen LogP contribution is 2.23. The molecule has 1 aromatic heterocycles. The first-order chi connectivity index (χ1) is 17.0. The van der Waals surface area contributed by atoms with Gasteiger partial charge in [-0.1, -0.05) is 6.07 Å². The number of aldehydes is 1. The lowest BCUT2D eigenvalue weighted by molar-refractivity contribution is 0.0526. The number of nitrogens with zero attached hydrogens (tertiary/aromatic N) is 3. The molecule has 1 fully saturated rings. The summed E-state index contributed by atoms with van der Waals surface area (Å²) in [6, 6.07) is 6.46. The van der Waals surface area contributed by atoms with Gasteiger partial charge in [-0.3, -0.25) is 9.59 Å². The SMILES string of the molecule is Cc1cc(CCCNC(=O)OC(C)(C)C)c(C(=O)N2CCN(c3ccc(F)cn3)C[C@H]2C)cc1C=O. The van der Waals surface area contributed by atoms with E-state index in [9.17, 15) is 18.8 Å². The minimum Gasteiger partial charge on any atom is -0.444 e. The zero-order chi connectivity index (χ0) is 26.5. The van der Waals surface area contributed by atoms with Gasteiger partial charge in [-0.2, -0.15) is 0 Å². The summed E-state index contributed by atoms with van der Waals surface area (Å²) in [6.07, 6.45) is 2.65. The lowest BCUT2D eigenvalue weighted by atomic mass is 9.95. The van der Waals surface area contributed by atoms with Gasteiger partial charge in [-0.25, -0.2) is 14.2 Å². The smallest absolute Gasteiger partial charge is 0.407 e. The minimum atomic E-state index is -0.571. The predicted molar refractivity (Wildman–Crippen MR) is 136 cm³/mol. The number of hydrogen-bond donors (Lipinski definition) is 1. The second kappa shape index (κ2) is 11.5. The maximum atomic E-state index is 13.6. The van der Waals surface area contributed by atoms with Crippen LogP contribution in [0.15, 0.2) is 30.5 Å². The van der Waals surface area contributed by atoms with Crippen molar-refractivity contribution in [2.75, 3.05) is 31.1 Å². The van der Waals surface area contributed by atoms with E-state index in [0.29, 0.717) is 56.0 Å². The monoisotopic (exact) mass is 498 g/mol. The topological polar surface area (TPSA) is 91.8 Å². The molecule has 194 valence electrons. The predicted octanol–water partition coefficient (Wildman–Crippen LogP) is 4.15. The molecular formula is C27H35FN4O4.